The third kappa shape index (κ3) is 6.03. The van der Waals surface area contributed by atoms with Crippen LogP contribution < -0.4 is 10.6 Å². The molecule has 1 rings (SSSR count). The van der Waals surface area contributed by atoms with Gasteiger partial charge in [-0.25, -0.2) is 0 Å². The van der Waals surface area contributed by atoms with E-state index in [-0.39, 0.29) is 0 Å². The van der Waals surface area contributed by atoms with E-state index in [2.05, 4.69) is 25.8 Å². The molecule has 0 saturated carbocycles. The third-order valence-corrected chi connectivity index (χ3v) is 3.24. The molecule has 0 aliphatic heterocycles. The van der Waals surface area contributed by atoms with E-state index in [1.165, 1.54) is 0 Å². The van der Waals surface area contributed by atoms with Crippen LogP contribution in [0.25, 0.3) is 0 Å². The lowest BCUT2D eigenvalue weighted by molar-refractivity contribution is 0.130. The summed E-state index contributed by atoms with van der Waals surface area (Å²) in [6.45, 7) is 6.88. The number of nitrogens with two attached hydrogens (primary N) is 1. The molecule has 0 fully saturated rings. The van der Waals surface area contributed by atoms with E-state index in [4.69, 9.17) is 22.7 Å². The zero-order chi connectivity index (χ0) is 14.3. The topological polar surface area (TPSA) is 38.5 Å². The van der Waals surface area contributed by atoms with Crippen LogP contribution in [0.5, 0.6) is 0 Å². The van der Waals surface area contributed by atoms with Gasteiger partial charge in [0, 0.05) is 31.5 Å². The van der Waals surface area contributed by atoms with Crippen LogP contribution in [-0.4, -0.2) is 31.8 Å². The Balaban J connectivity index is 2.33. The van der Waals surface area contributed by atoms with E-state index in [1.807, 2.05) is 24.3 Å². The SMILES string of the molecule is CC(C)CCOCCN(C)c1ccc(C(N)=S)cc1. The molecule has 0 radical (unpaired) electrons. The molecule has 0 heterocycles. The molecule has 1 aromatic rings. The van der Waals surface area contributed by atoms with Crippen molar-refractivity contribution in [3.8, 4) is 0 Å². The second-order valence-electron chi connectivity index (χ2n) is 5.13. The summed E-state index contributed by atoms with van der Waals surface area (Å²) >= 11 is 4.94. The minimum absolute atomic E-state index is 0.436. The molecule has 2 N–H and O–H groups in total. The molecular formula is C15H24N2OS. The Kier molecular flexibility index (Phi) is 6.81. The smallest absolute Gasteiger partial charge is 0.103 e. The number of likely N-dealkylation sites (N-methyl/N-ethyl adjacent to an activating group) is 1. The summed E-state index contributed by atoms with van der Waals surface area (Å²) in [4.78, 5) is 2.60. The first-order valence-corrected chi connectivity index (χ1v) is 7.10. The van der Waals surface area contributed by atoms with Gasteiger partial charge in [-0.15, -0.1) is 0 Å². The first-order valence-electron chi connectivity index (χ1n) is 6.69. The number of nitrogens with zero attached hydrogens (tertiary/aromatic N) is 1. The minimum Gasteiger partial charge on any atom is -0.389 e. The first kappa shape index (κ1) is 15.9. The fourth-order valence-electron chi connectivity index (χ4n) is 1.63. The molecule has 106 valence electrons. The van der Waals surface area contributed by atoms with Gasteiger partial charge in [-0.2, -0.15) is 0 Å². The van der Waals surface area contributed by atoms with Gasteiger partial charge in [0.25, 0.3) is 0 Å². The number of ether oxygens (including phenoxy) is 1. The van der Waals surface area contributed by atoms with E-state index in [0.29, 0.717) is 10.9 Å². The predicted molar refractivity (Wildman–Crippen MR) is 85.9 cm³/mol. The molecule has 0 aliphatic carbocycles. The molecule has 0 spiro atoms. The Morgan fingerprint density at radius 3 is 2.42 bits per heavy atom. The highest BCUT2D eigenvalue weighted by Crippen LogP contribution is 2.13. The molecule has 0 aliphatic rings. The van der Waals surface area contributed by atoms with Crippen molar-refractivity contribution in [2.24, 2.45) is 11.7 Å². The van der Waals surface area contributed by atoms with Crippen molar-refractivity contribution in [3.63, 3.8) is 0 Å². The summed E-state index contributed by atoms with van der Waals surface area (Å²) in [6.07, 6.45) is 1.12. The van der Waals surface area contributed by atoms with E-state index in [1.54, 1.807) is 0 Å². The highest BCUT2D eigenvalue weighted by atomic mass is 32.1. The molecule has 1 aromatic carbocycles. The van der Waals surface area contributed by atoms with Crippen LogP contribution in [0.2, 0.25) is 0 Å². The summed E-state index contributed by atoms with van der Waals surface area (Å²) < 4.78 is 5.62. The Morgan fingerprint density at radius 1 is 1.26 bits per heavy atom. The zero-order valence-corrected chi connectivity index (χ0v) is 12.9. The lowest BCUT2D eigenvalue weighted by Crippen LogP contribution is -2.23. The number of anilines is 1. The lowest BCUT2D eigenvalue weighted by atomic mass is 10.1. The van der Waals surface area contributed by atoms with Gasteiger partial charge in [0.15, 0.2) is 0 Å². The largest absolute Gasteiger partial charge is 0.389 e. The fraction of sp³-hybridized carbons (Fsp3) is 0.533. The van der Waals surface area contributed by atoms with Gasteiger partial charge in [-0.1, -0.05) is 26.1 Å². The average molecular weight is 280 g/mol. The normalized spacial score (nSPS) is 10.7. The Hall–Kier alpha value is -1.13. The summed E-state index contributed by atoms with van der Waals surface area (Å²) in [6, 6.07) is 7.97. The molecule has 0 atom stereocenters. The van der Waals surface area contributed by atoms with Crippen LogP contribution in [0.3, 0.4) is 0 Å². The van der Waals surface area contributed by atoms with Crippen molar-refractivity contribution < 1.29 is 4.74 Å². The molecular weight excluding hydrogens is 256 g/mol. The third-order valence-electron chi connectivity index (χ3n) is 3.00. The second kappa shape index (κ2) is 8.12. The number of hydrogen-bond donors (Lipinski definition) is 1. The highest BCUT2D eigenvalue weighted by Gasteiger charge is 2.02. The number of thiocarbonyl (C=S) groups is 1. The van der Waals surface area contributed by atoms with Crippen molar-refractivity contribution in [2.75, 3.05) is 31.7 Å². The predicted octanol–water partition coefficient (Wildman–Crippen LogP) is 2.82. The summed E-state index contributed by atoms with van der Waals surface area (Å²) in [5.41, 5.74) is 7.62. The molecule has 19 heavy (non-hydrogen) atoms. The second-order valence-corrected chi connectivity index (χ2v) is 5.57. The summed E-state index contributed by atoms with van der Waals surface area (Å²) in [5, 5.41) is 0. The van der Waals surface area contributed by atoms with E-state index in [0.717, 1.165) is 37.4 Å². The lowest BCUT2D eigenvalue weighted by Gasteiger charge is -2.19. The van der Waals surface area contributed by atoms with Crippen LogP contribution in [0.1, 0.15) is 25.8 Å². The first-order chi connectivity index (χ1) is 9.00. The van der Waals surface area contributed by atoms with E-state index >= 15 is 0 Å². The van der Waals surface area contributed by atoms with Crippen LogP contribution in [0, 0.1) is 5.92 Å². The van der Waals surface area contributed by atoms with Gasteiger partial charge >= 0.3 is 0 Å². The molecule has 0 unspecified atom stereocenters. The fourth-order valence-corrected chi connectivity index (χ4v) is 1.77. The van der Waals surface area contributed by atoms with Crippen molar-refractivity contribution >= 4 is 22.9 Å². The summed E-state index contributed by atoms with van der Waals surface area (Å²) in [7, 11) is 2.06. The van der Waals surface area contributed by atoms with Crippen LogP contribution in [0.4, 0.5) is 5.69 Å². The van der Waals surface area contributed by atoms with E-state index in [9.17, 15) is 0 Å². The zero-order valence-electron chi connectivity index (χ0n) is 12.1. The maximum absolute atomic E-state index is 5.62. The quantitative estimate of drug-likeness (QED) is 0.587. The van der Waals surface area contributed by atoms with Gasteiger partial charge < -0.3 is 15.4 Å². The monoisotopic (exact) mass is 280 g/mol. The van der Waals surface area contributed by atoms with Gasteiger partial charge in [-0.05, 0) is 36.6 Å². The van der Waals surface area contributed by atoms with Crippen molar-refractivity contribution in [2.45, 2.75) is 20.3 Å². The Bertz CT molecular complexity index is 390. The van der Waals surface area contributed by atoms with Gasteiger partial charge in [0.05, 0.1) is 6.61 Å². The van der Waals surface area contributed by atoms with Crippen molar-refractivity contribution in [1.82, 2.24) is 0 Å². The van der Waals surface area contributed by atoms with Gasteiger partial charge in [0.1, 0.15) is 4.99 Å². The van der Waals surface area contributed by atoms with Crippen LogP contribution in [0.15, 0.2) is 24.3 Å². The molecule has 3 nitrogen and oxygen atoms in total. The van der Waals surface area contributed by atoms with Crippen molar-refractivity contribution in [1.29, 1.82) is 0 Å². The van der Waals surface area contributed by atoms with Crippen LogP contribution in [-0.2, 0) is 4.74 Å². The molecule has 0 amide bonds. The van der Waals surface area contributed by atoms with Gasteiger partial charge in [0.2, 0.25) is 0 Å². The highest BCUT2D eigenvalue weighted by molar-refractivity contribution is 7.80. The van der Waals surface area contributed by atoms with Gasteiger partial charge in [-0.3, -0.25) is 0 Å². The summed E-state index contributed by atoms with van der Waals surface area (Å²) in [5.74, 6) is 0.699. The number of rotatable bonds is 8. The molecule has 0 bridgehead atoms. The maximum atomic E-state index is 5.62. The Labute approximate surface area is 121 Å². The van der Waals surface area contributed by atoms with Crippen molar-refractivity contribution in [3.05, 3.63) is 29.8 Å². The number of hydrogen-bond acceptors (Lipinski definition) is 3. The maximum Gasteiger partial charge on any atom is 0.103 e. The molecule has 0 saturated heterocycles. The van der Waals surface area contributed by atoms with E-state index < -0.39 is 0 Å². The number of benzene rings is 1. The minimum atomic E-state index is 0.436. The molecule has 4 heteroatoms. The molecule has 0 aromatic heterocycles. The van der Waals surface area contributed by atoms with Crippen LogP contribution >= 0.6 is 12.2 Å². The standard InChI is InChI=1S/C15H24N2OS/c1-12(2)8-10-18-11-9-17(3)14-6-4-13(5-7-14)15(16)19/h4-7,12H,8-11H2,1-3H3,(H2,16,19). The average Bonchev–Trinajstić information content (AvgIpc) is 2.37. The Morgan fingerprint density at radius 2 is 1.89 bits per heavy atom.